The molecule has 0 saturated heterocycles. The summed E-state index contributed by atoms with van der Waals surface area (Å²) in [5.74, 6) is 0.250. The van der Waals surface area contributed by atoms with Gasteiger partial charge in [0.05, 0.1) is 22.4 Å². The van der Waals surface area contributed by atoms with Crippen molar-refractivity contribution in [2.75, 3.05) is 7.11 Å². The molecule has 0 aliphatic carbocycles. The number of hydrogen-bond donors (Lipinski definition) is 0. The van der Waals surface area contributed by atoms with Gasteiger partial charge in [-0.3, -0.25) is 0 Å². The molecule has 0 bridgehead atoms. The van der Waals surface area contributed by atoms with Crippen LogP contribution >= 0.6 is 50.5 Å². The van der Waals surface area contributed by atoms with Gasteiger partial charge in [-0.15, -0.1) is 22.9 Å². The second kappa shape index (κ2) is 5.78. The normalized spacial score (nSPS) is 12.5. The van der Waals surface area contributed by atoms with Crippen molar-refractivity contribution < 1.29 is 9.13 Å². The van der Waals surface area contributed by atoms with Crippen LogP contribution in [0.25, 0.3) is 0 Å². The lowest BCUT2D eigenvalue weighted by Crippen LogP contribution is -1.97. The number of halogens is 4. The van der Waals surface area contributed by atoms with Crippen LogP contribution in [0.1, 0.15) is 15.8 Å². The van der Waals surface area contributed by atoms with Crippen LogP contribution in [0, 0.1) is 5.82 Å². The fourth-order valence-electron chi connectivity index (χ4n) is 1.54. The molecule has 1 nitrogen and oxygen atoms in total. The molecule has 18 heavy (non-hydrogen) atoms. The summed E-state index contributed by atoms with van der Waals surface area (Å²) in [6, 6.07) is 4.64. The number of benzene rings is 1. The molecule has 0 amide bonds. The zero-order valence-electron chi connectivity index (χ0n) is 9.22. The fourth-order valence-corrected chi connectivity index (χ4v) is 3.30. The largest absolute Gasteiger partial charge is 0.496 e. The summed E-state index contributed by atoms with van der Waals surface area (Å²) >= 11 is 16.9. The summed E-state index contributed by atoms with van der Waals surface area (Å²) in [4.78, 5) is 0.761. The van der Waals surface area contributed by atoms with Crippen LogP contribution in [0.4, 0.5) is 4.39 Å². The molecule has 0 saturated carbocycles. The average Bonchev–Trinajstić information content (AvgIpc) is 2.81. The van der Waals surface area contributed by atoms with Crippen molar-refractivity contribution in [3.05, 3.63) is 49.3 Å². The Morgan fingerprint density at radius 1 is 1.44 bits per heavy atom. The zero-order chi connectivity index (χ0) is 13.3. The van der Waals surface area contributed by atoms with Gasteiger partial charge in [-0.1, -0.05) is 11.6 Å². The second-order valence-electron chi connectivity index (χ2n) is 3.50. The van der Waals surface area contributed by atoms with E-state index in [0.717, 1.165) is 4.88 Å². The van der Waals surface area contributed by atoms with Gasteiger partial charge in [0.2, 0.25) is 0 Å². The van der Waals surface area contributed by atoms with Crippen molar-refractivity contribution in [3.8, 4) is 5.75 Å². The molecule has 96 valence electrons. The van der Waals surface area contributed by atoms with Gasteiger partial charge in [-0.2, -0.15) is 0 Å². The highest BCUT2D eigenvalue weighted by molar-refractivity contribution is 9.10. The Balaban J connectivity index is 2.46. The number of thiophene rings is 1. The standard InChI is InChI=1S/C12H8BrCl2FOS/c1-17-10-2-3-18-12(10)11(15)6-4-8(14)7(13)5-9(6)16/h2-5,11H,1H3. The molecular formula is C12H8BrCl2FOS. The molecular weight excluding hydrogens is 362 g/mol. The topological polar surface area (TPSA) is 9.23 Å². The molecule has 6 heteroatoms. The predicted molar refractivity (Wildman–Crippen MR) is 77.7 cm³/mol. The summed E-state index contributed by atoms with van der Waals surface area (Å²) in [6.45, 7) is 0. The van der Waals surface area contributed by atoms with Gasteiger partial charge < -0.3 is 4.74 Å². The van der Waals surface area contributed by atoms with Gasteiger partial charge in [0.1, 0.15) is 11.6 Å². The first-order valence-corrected chi connectivity index (χ1v) is 7.43. The maximum Gasteiger partial charge on any atom is 0.134 e. The molecule has 0 N–H and O–H groups in total. The van der Waals surface area contributed by atoms with Crippen molar-refractivity contribution in [1.82, 2.24) is 0 Å². The average molecular weight is 370 g/mol. The van der Waals surface area contributed by atoms with Crippen molar-refractivity contribution in [3.63, 3.8) is 0 Å². The summed E-state index contributed by atoms with van der Waals surface area (Å²) in [5, 5.41) is 1.65. The van der Waals surface area contributed by atoms with E-state index in [0.29, 0.717) is 20.8 Å². The third-order valence-corrected chi connectivity index (χ3v) is 5.16. The smallest absolute Gasteiger partial charge is 0.134 e. The molecule has 1 unspecified atom stereocenters. The van der Waals surface area contributed by atoms with Gasteiger partial charge in [-0.25, -0.2) is 4.39 Å². The van der Waals surface area contributed by atoms with Crippen LogP contribution in [0.15, 0.2) is 28.1 Å². The predicted octanol–water partition coefficient (Wildman–Crippen LogP) is 5.64. The van der Waals surface area contributed by atoms with Gasteiger partial charge in [-0.05, 0) is 39.5 Å². The van der Waals surface area contributed by atoms with E-state index in [9.17, 15) is 4.39 Å². The molecule has 2 rings (SSSR count). The van der Waals surface area contributed by atoms with Crippen molar-refractivity contribution in [2.45, 2.75) is 5.38 Å². The molecule has 0 spiro atoms. The Kier molecular flexibility index (Phi) is 4.54. The van der Waals surface area contributed by atoms with Crippen molar-refractivity contribution >= 4 is 50.5 Å². The fraction of sp³-hybridized carbons (Fsp3) is 0.167. The highest BCUT2D eigenvalue weighted by atomic mass is 79.9. The van der Waals surface area contributed by atoms with Gasteiger partial charge in [0.15, 0.2) is 0 Å². The molecule has 0 fully saturated rings. The maximum atomic E-state index is 13.9. The molecule has 1 aromatic carbocycles. The van der Waals surface area contributed by atoms with E-state index in [-0.39, 0.29) is 0 Å². The summed E-state index contributed by atoms with van der Waals surface area (Å²) in [5.41, 5.74) is 0.339. The van der Waals surface area contributed by atoms with E-state index in [1.807, 2.05) is 5.38 Å². The number of alkyl halides is 1. The first-order valence-electron chi connectivity index (χ1n) is 4.94. The monoisotopic (exact) mass is 368 g/mol. The first-order chi connectivity index (χ1) is 8.54. The minimum Gasteiger partial charge on any atom is -0.496 e. The van der Waals surface area contributed by atoms with Crippen LogP contribution in [-0.2, 0) is 0 Å². The quantitative estimate of drug-likeness (QED) is 0.502. The van der Waals surface area contributed by atoms with Crippen molar-refractivity contribution in [2.24, 2.45) is 0 Å². The molecule has 0 aliphatic heterocycles. The second-order valence-corrected chi connectivity index (χ2v) is 6.15. The third-order valence-electron chi connectivity index (χ3n) is 2.42. The molecule has 1 atom stereocenters. The zero-order valence-corrected chi connectivity index (χ0v) is 13.1. The number of rotatable bonds is 3. The lowest BCUT2D eigenvalue weighted by molar-refractivity contribution is 0.412. The third kappa shape index (κ3) is 2.67. The van der Waals surface area contributed by atoms with E-state index in [1.165, 1.54) is 23.5 Å². The molecule has 1 heterocycles. The Morgan fingerprint density at radius 3 is 2.83 bits per heavy atom. The van der Waals surface area contributed by atoms with Crippen LogP contribution in [-0.4, -0.2) is 7.11 Å². The van der Waals surface area contributed by atoms with Crippen LogP contribution < -0.4 is 4.74 Å². The number of hydrogen-bond acceptors (Lipinski definition) is 2. The molecule has 0 aliphatic rings. The van der Waals surface area contributed by atoms with Crippen LogP contribution in [0.2, 0.25) is 5.02 Å². The van der Waals surface area contributed by atoms with Gasteiger partial charge >= 0.3 is 0 Å². The maximum absolute atomic E-state index is 13.9. The Hall–Kier alpha value is -0.290. The summed E-state index contributed by atoms with van der Waals surface area (Å²) < 4.78 is 19.6. The van der Waals surface area contributed by atoms with E-state index < -0.39 is 11.2 Å². The van der Waals surface area contributed by atoms with E-state index in [2.05, 4.69) is 15.9 Å². The van der Waals surface area contributed by atoms with Gasteiger partial charge in [0.25, 0.3) is 0 Å². The lowest BCUT2D eigenvalue weighted by Gasteiger charge is -2.12. The SMILES string of the molecule is COc1ccsc1C(Cl)c1cc(Cl)c(Br)cc1F. The van der Waals surface area contributed by atoms with Crippen molar-refractivity contribution in [1.29, 1.82) is 0 Å². The summed E-state index contributed by atoms with van der Waals surface area (Å²) in [6.07, 6.45) is 0. The highest BCUT2D eigenvalue weighted by Gasteiger charge is 2.21. The molecule has 2 aromatic rings. The summed E-state index contributed by atoms with van der Waals surface area (Å²) in [7, 11) is 1.56. The Morgan fingerprint density at radius 2 is 2.17 bits per heavy atom. The van der Waals surface area contributed by atoms with E-state index in [1.54, 1.807) is 13.2 Å². The van der Waals surface area contributed by atoms with Gasteiger partial charge in [0, 0.05) is 10.0 Å². The number of ether oxygens (including phenoxy) is 1. The minimum atomic E-state index is -0.620. The highest BCUT2D eigenvalue weighted by Crippen LogP contribution is 2.41. The Bertz CT molecular complexity index is 573. The number of methoxy groups -OCH3 is 1. The van der Waals surface area contributed by atoms with Crippen LogP contribution in [0.5, 0.6) is 5.75 Å². The van der Waals surface area contributed by atoms with E-state index >= 15 is 0 Å². The molecule has 1 aromatic heterocycles. The van der Waals surface area contributed by atoms with E-state index in [4.69, 9.17) is 27.9 Å². The van der Waals surface area contributed by atoms with Crippen LogP contribution in [0.3, 0.4) is 0 Å². The Labute approximate surface area is 127 Å². The lowest BCUT2D eigenvalue weighted by atomic mass is 10.1. The minimum absolute atomic E-state index is 0.339. The molecule has 0 radical (unpaired) electrons. The first kappa shape index (κ1) is 14.1.